The lowest BCUT2D eigenvalue weighted by atomic mass is 10.1. The maximum Gasteiger partial charge on any atom is 0.450 e. The molecule has 0 unspecified atom stereocenters. The van der Waals surface area contributed by atoms with Gasteiger partial charge in [-0.05, 0) is 29.8 Å². The molecule has 2 N–H and O–H groups in total. The molecule has 1 fully saturated rings. The van der Waals surface area contributed by atoms with Gasteiger partial charge in [0.05, 0.1) is 24.6 Å². The highest BCUT2D eigenvalue weighted by Gasteiger charge is 2.41. The van der Waals surface area contributed by atoms with Crippen LogP contribution in [-0.4, -0.2) is 40.8 Å². The molecule has 3 aromatic rings. The number of nitrogens with one attached hydrogen (secondary N) is 2. The van der Waals surface area contributed by atoms with Crippen LogP contribution in [0.5, 0.6) is 0 Å². The van der Waals surface area contributed by atoms with E-state index in [9.17, 15) is 26.3 Å². The van der Waals surface area contributed by atoms with Crippen molar-refractivity contribution in [2.75, 3.05) is 36.6 Å². The zero-order valence-corrected chi connectivity index (χ0v) is 16.3. The number of hydrazine groups is 1. The number of imidazole rings is 1. The molecular weight excluding hydrogens is 442 g/mol. The normalized spacial score (nSPS) is 17.0. The topological polar surface area (TPSA) is 67.2 Å². The number of benzene rings is 1. The van der Waals surface area contributed by atoms with Gasteiger partial charge in [0, 0.05) is 25.3 Å². The monoisotopic (exact) mass is 458 g/mol. The molecule has 0 spiro atoms. The van der Waals surface area contributed by atoms with Crippen molar-refractivity contribution >= 4 is 22.5 Å². The molecule has 7 nitrogen and oxygen atoms in total. The molecule has 0 aliphatic carbocycles. The fraction of sp³-hybridized carbons (Fsp3) is 0.368. The van der Waals surface area contributed by atoms with Crippen molar-refractivity contribution < 1.29 is 31.1 Å². The van der Waals surface area contributed by atoms with Gasteiger partial charge >= 0.3 is 12.4 Å². The van der Waals surface area contributed by atoms with E-state index in [4.69, 9.17) is 4.74 Å². The van der Waals surface area contributed by atoms with Gasteiger partial charge in [-0.25, -0.2) is 15.4 Å². The number of hydrogen-bond donors (Lipinski definition) is 2. The SMILES string of the molecule is FC(F)(F)c1cc(N2CCOCC2)c2nc(C(F)(F)F)n(-c3ccc4c(c3)CNN4)c2n1. The van der Waals surface area contributed by atoms with Crippen molar-refractivity contribution in [1.29, 1.82) is 0 Å². The minimum absolute atomic E-state index is 0.0174. The Balaban J connectivity index is 1.81. The third kappa shape index (κ3) is 3.50. The van der Waals surface area contributed by atoms with Crippen LogP contribution in [0, 0.1) is 0 Å². The molecule has 2 aliphatic rings. The Morgan fingerprint density at radius 3 is 2.38 bits per heavy atom. The fourth-order valence-corrected chi connectivity index (χ4v) is 3.88. The number of alkyl halides is 6. The van der Waals surface area contributed by atoms with Gasteiger partial charge in [0.2, 0.25) is 5.82 Å². The van der Waals surface area contributed by atoms with Crippen LogP contribution >= 0.6 is 0 Å². The molecular formula is C19H16F6N6O. The third-order valence-electron chi connectivity index (χ3n) is 5.34. The summed E-state index contributed by atoms with van der Waals surface area (Å²) in [6.07, 6.45) is -9.77. The van der Waals surface area contributed by atoms with Crippen molar-refractivity contribution in [1.82, 2.24) is 20.0 Å². The molecule has 2 aliphatic heterocycles. The first kappa shape index (κ1) is 20.8. The van der Waals surface area contributed by atoms with Crippen LogP contribution in [-0.2, 0) is 23.6 Å². The number of hydrogen-bond acceptors (Lipinski definition) is 6. The lowest BCUT2D eigenvalue weighted by molar-refractivity contribution is -0.145. The number of halogens is 6. The number of pyridine rings is 1. The Labute approximate surface area is 177 Å². The number of anilines is 2. The average Bonchev–Trinajstić information content (AvgIpc) is 3.36. The highest BCUT2D eigenvalue weighted by molar-refractivity contribution is 5.88. The van der Waals surface area contributed by atoms with Gasteiger partial charge in [-0.2, -0.15) is 26.3 Å². The van der Waals surface area contributed by atoms with E-state index >= 15 is 0 Å². The molecule has 0 amide bonds. The van der Waals surface area contributed by atoms with Gasteiger partial charge in [0.15, 0.2) is 5.65 Å². The second-order valence-electron chi connectivity index (χ2n) is 7.38. The van der Waals surface area contributed by atoms with E-state index in [1.807, 2.05) is 0 Å². The zero-order valence-electron chi connectivity index (χ0n) is 16.3. The molecule has 1 saturated heterocycles. The van der Waals surface area contributed by atoms with E-state index < -0.39 is 29.5 Å². The van der Waals surface area contributed by atoms with Crippen LogP contribution < -0.4 is 15.8 Å². The zero-order chi connectivity index (χ0) is 22.7. The number of ether oxygens (including phenoxy) is 1. The molecule has 0 bridgehead atoms. The van der Waals surface area contributed by atoms with Crippen molar-refractivity contribution in [3.63, 3.8) is 0 Å². The molecule has 1 aromatic carbocycles. The number of fused-ring (bicyclic) bond motifs is 2. The average molecular weight is 458 g/mol. The standard InChI is InChI=1S/C19H16F6N6O/c20-18(21,22)14-8-13(30-3-5-32-6-4-30)15-16(27-14)31(17(28-15)19(23,24)25)11-1-2-12-10(7-11)9-26-29-12/h1-2,7-8,26,29H,3-6,9H2. The Morgan fingerprint density at radius 2 is 1.69 bits per heavy atom. The highest BCUT2D eigenvalue weighted by atomic mass is 19.4. The van der Waals surface area contributed by atoms with E-state index in [-0.39, 0.29) is 43.2 Å². The summed E-state index contributed by atoms with van der Waals surface area (Å²) in [5.74, 6) is -1.34. The fourth-order valence-electron chi connectivity index (χ4n) is 3.88. The quantitative estimate of drug-likeness (QED) is 0.571. The molecule has 0 atom stereocenters. The van der Waals surface area contributed by atoms with E-state index in [2.05, 4.69) is 20.8 Å². The predicted molar refractivity (Wildman–Crippen MR) is 102 cm³/mol. The van der Waals surface area contributed by atoms with E-state index in [0.29, 0.717) is 22.4 Å². The van der Waals surface area contributed by atoms with Gasteiger partial charge in [-0.1, -0.05) is 0 Å². The summed E-state index contributed by atoms with van der Waals surface area (Å²) < 4.78 is 88.7. The van der Waals surface area contributed by atoms with Gasteiger partial charge < -0.3 is 15.1 Å². The lowest BCUT2D eigenvalue weighted by Crippen LogP contribution is -2.36. The van der Waals surface area contributed by atoms with Crippen molar-refractivity contribution in [2.24, 2.45) is 0 Å². The molecule has 0 saturated carbocycles. The Bertz CT molecular complexity index is 1180. The minimum Gasteiger partial charge on any atom is -0.378 e. The number of aromatic nitrogens is 3. The first-order valence-electron chi connectivity index (χ1n) is 9.66. The first-order valence-corrected chi connectivity index (χ1v) is 9.66. The summed E-state index contributed by atoms with van der Waals surface area (Å²) in [7, 11) is 0. The highest BCUT2D eigenvalue weighted by Crippen LogP contribution is 2.40. The molecule has 5 rings (SSSR count). The van der Waals surface area contributed by atoms with Crippen molar-refractivity contribution in [3.8, 4) is 5.69 Å². The second kappa shape index (κ2) is 7.24. The van der Waals surface area contributed by atoms with Crippen LogP contribution in [0.25, 0.3) is 16.9 Å². The van der Waals surface area contributed by atoms with Gasteiger partial charge in [0.25, 0.3) is 0 Å². The Hall–Kier alpha value is -3.06. The summed E-state index contributed by atoms with van der Waals surface area (Å²) >= 11 is 0. The van der Waals surface area contributed by atoms with Crippen LogP contribution in [0.4, 0.5) is 37.7 Å². The number of morpholine rings is 1. The van der Waals surface area contributed by atoms with Crippen LogP contribution in [0.3, 0.4) is 0 Å². The van der Waals surface area contributed by atoms with Crippen LogP contribution in [0.2, 0.25) is 0 Å². The largest absolute Gasteiger partial charge is 0.450 e. The molecule has 32 heavy (non-hydrogen) atoms. The first-order chi connectivity index (χ1) is 15.1. The lowest BCUT2D eigenvalue weighted by Gasteiger charge is -2.29. The predicted octanol–water partition coefficient (Wildman–Crippen LogP) is 3.72. The number of rotatable bonds is 2. The molecule has 13 heteroatoms. The Morgan fingerprint density at radius 1 is 0.938 bits per heavy atom. The summed E-state index contributed by atoms with van der Waals surface area (Å²) in [4.78, 5) is 8.88. The molecule has 0 radical (unpaired) electrons. The second-order valence-corrected chi connectivity index (χ2v) is 7.38. The van der Waals surface area contributed by atoms with E-state index in [1.54, 1.807) is 6.07 Å². The maximum atomic E-state index is 14.0. The molecule has 2 aromatic heterocycles. The minimum atomic E-state index is -4.92. The molecule has 170 valence electrons. The summed E-state index contributed by atoms with van der Waals surface area (Å²) in [6.45, 7) is 1.27. The molecule has 4 heterocycles. The summed E-state index contributed by atoms with van der Waals surface area (Å²) in [6, 6.07) is 5.15. The maximum absolute atomic E-state index is 14.0. The summed E-state index contributed by atoms with van der Waals surface area (Å²) in [5, 5.41) is 0. The van der Waals surface area contributed by atoms with Gasteiger partial charge in [-0.15, -0.1) is 0 Å². The van der Waals surface area contributed by atoms with Gasteiger partial charge in [-0.3, -0.25) is 4.57 Å². The van der Waals surface area contributed by atoms with E-state index in [1.165, 1.54) is 17.0 Å². The van der Waals surface area contributed by atoms with Crippen LogP contribution in [0.1, 0.15) is 17.1 Å². The smallest absolute Gasteiger partial charge is 0.378 e. The van der Waals surface area contributed by atoms with Gasteiger partial charge in [0.1, 0.15) is 11.2 Å². The Kier molecular flexibility index (Phi) is 4.71. The van der Waals surface area contributed by atoms with E-state index in [0.717, 1.165) is 6.07 Å². The number of nitrogens with zero attached hydrogens (tertiary/aromatic N) is 4. The van der Waals surface area contributed by atoms with Crippen LogP contribution in [0.15, 0.2) is 24.3 Å². The van der Waals surface area contributed by atoms with Crippen molar-refractivity contribution in [2.45, 2.75) is 18.9 Å². The summed E-state index contributed by atoms with van der Waals surface area (Å²) in [5.41, 5.74) is 4.96. The van der Waals surface area contributed by atoms with Crippen molar-refractivity contribution in [3.05, 3.63) is 41.3 Å². The third-order valence-corrected chi connectivity index (χ3v) is 5.34.